The Labute approximate surface area is 168 Å². The molecule has 1 amide bonds. The predicted molar refractivity (Wildman–Crippen MR) is 108 cm³/mol. The lowest BCUT2D eigenvalue weighted by atomic mass is 10.1. The van der Waals surface area contributed by atoms with Gasteiger partial charge in [-0.3, -0.25) is 4.79 Å². The zero-order chi connectivity index (χ0) is 20.9. The number of carbonyl (C=O) groups is 1. The first-order valence-electron chi connectivity index (χ1n) is 8.54. The van der Waals surface area contributed by atoms with Crippen molar-refractivity contribution in [1.29, 1.82) is 5.26 Å². The molecule has 0 atom stereocenters. The SMILES string of the molecule is N#Cc1ccc(N(Cc2ccc(OS(N)(=O)=O)cc2)C(=O)c2ccccc2)cc1. The van der Waals surface area contributed by atoms with Gasteiger partial charge in [0.15, 0.2) is 0 Å². The number of rotatable bonds is 6. The molecule has 29 heavy (non-hydrogen) atoms. The number of benzene rings is 3. The second kappa shape index (κ2) is 8.56. The molecule has 3 aromatic rings. The lowest BCUT2D eigenvalue weighted by molar-refractivity contribution is 0.0985. The quantitative estimate of drug-likeness (QED) is 0.675. The molecule has 0 spiro atoms. The molecule has 146 valence electrons. The molecule has 0 saturated carbocycles. The number of carbonyl (C=O) groups excluding carboxylic acids is 1. The molecule has 2 N–H and O–H groups in total. The first kappa shape index (κ1) is 20.1. The van der Waals surface area contributed by atoms with E-state index in [0.29, 0.717) is 16.8 Å². The molecule has 0 aliphatic heterocycles. The van der Waals surface area contributed by atoms with Crippen LogP contribution in [-0.2, 0) is 16.8 Å². The molecule has 0 heterocycles. The Morgan fingerprint density at radius 3 is 2.14 bits per heavy atom. The number of nitriles is 1. The Morgan fingerprint density at radius 1 is 0.966 bits per heavy atom. The van der Waals surface area contributed by atoms with Gasteiger partial charge in [0.05, 0.1) is 18.2 Å². The van der Waals surface area contributed by atoms with Gasteiger partial charge in [-0.15, -0.1) is 0 Å². The van der Waals surface area contributed by atoms with Gasteiger partial charge in [-0.25, -0.2) is 0 Å². The Bertz CT molecular complexity index is 1140. The van der Waals surface area contributed by atoms with Crippen LogP contribution in [0.2, 0.25) is 0 Å². The van der Waals surface area contributed by atoms with E-state index in [1.165, 1.54) is 12.1 Å². The first-order chi connectivity index (χ1) is 13.9. The fraction of sp³-hybridized carbons (Fsp3) is 0.0476. The average molecular weight is 407 g/mol. The van der Waals surface area contributed by atoms with Crippen molar-refractivity contribution in [3.05, 3.63) is 95.6 Å². The molecule has 3 aromatic carbocycles. The number of nitrogens with zero attached hydrogens (tertiary/aromatic N) is 2. The Balaban J connectivity index is 1.90. The average Bonchev–Trinajstić information content (AvgIpc) is 2.72. The summed E-state index contributed by atoms with van der Waals surface area (Å²) < 4.78 is 26.7. The summed E-state index contributed by atoms with van der Waals surface area (Å²) in [5.41, 5.74) is 2.39. The van der Waals surface area contributed by atoms with E-state index in [4.69, 9.17) is 10.4 Å². The summed E-state index contributed by atoms with van der Waals surface area (Å²) in [7, 11) is -4.10. The van der Waals surface area contributed by atoms with Crippen molar-refractivity contribution in [1.82, 2.24) is 0 Å². The second-order valence-corrected chi connectivity index (χ2v) is 7.29. The van der Waals surface area contributed by atoms with E-state index in [1.54, 1.807) is 65.6 Å². The van der Waals surface area contributed by atoms with E-state index in [9.17, 15) is 13.2 Å². The third-order valence-electron chi connectivity index (χ3n) is 4.05. The third kappa shape index (κ3) is 5.42. The minimum atomic E-state index is -4.10. The van der Waals surface area contributed by atoms with Crippen LogP contribution in [0.25, 0.3) is 0 Å². The minimum Gasteiger partial charge on any atom is -0.371 e. The van der Waals surface area contributed by atoms with Crippen LogP contribution in [0.3, 0.4) is 0 Å². The van der Waals surface area contributed by atoms with E-state index in [2.05, 4.69) is 10.3 Å². The Morgan fingerprint density at radius 2 is 1.59 bits per heavy atom. The smallest absolute Gasteiger partial charge is 0.371 e. The van der Waals surface area contributed by atoms with E-state index in [0.717, 1.165) is 5.56 Å². The Hall–Kier alpha value is -3.67. The lowest BCUT2D eigenvalue weighted by Gasteiger charge is -2.23. The zero-order valence-electron chi connectivity index (χ0n) is 15.2. The largest absolute Gasteiger partial charge is 0.380 e. The van der Waals surface area contributed by atoms with Crippen molar-refractivity contribution in [3.8, 4) is 11.8 Å². The molecule has 0 aromatic heterocycles. The van der Waals surface area contributed by atoms with Gasteiger partial charge in [0.25, 0.3) is 5.91 Å². The molecular formula is C21H17N3O4S. The molecule has 0 aliphatic carbocycles. The van der Waals surface area contributed by atoms with E-state index in [1.807, 2.05) is 6.07 Å². The maximum absolute atomic E-state index is 13.1. The van der Waals surface area contributed by atoms with Crippen LogP contribution in [0.4, 0.5) is 5.69 Å². The number of hydrogen-bond donors (Lipinski definition) is 1. The van der Waals surface area contributed by atoms with Crippen LogP contribution < -0.4 is 14.2 Å². The summed E-state index contributed by atoms with van der Waals surface area (Å²) in [6, 6.07) is 23.8. The summed E-state index contributed by atoms with van der Waals surface area (Å²) in [5, 5.41) is 13.9. The number of amides is 1. The van der Waals surface area contributed by atoms with Gasteiger partial charge < -0.3 is 9.08 Å². The molecule has 8 heteroatoms. The number of anilines is 1. The van der Waals surface area contributed by atoms with E-state index in [-0.39, 0.29) is 18.2 Å². The zero-order valence-corrected chi connectivity index (χ0v) is 16.0. The molecule has 0 bridgehead atoms. The molecule has 0 aliphatic rings. The van der Waals surface area contributed by atoms with E-state index >= 15 is 0 Å². The number of nitrogens with two attached hydrogens (primary N) is 1. The van der Waals surface area contributed by atoms with Crippen molar-refractivity contribution >= 4 is 21.9 Å². The van der Waals surface area contributed by atoms with Crippen molar-refractivity contribution in [3.63, 3.8) is 0 Å². The highest BCUT2D eigenvalue weighted by atomic mass is 32.2. The maximum Gasteiger partial charge on any atom is 0.380 e. The first-order valence-corrected chi connectivity index (χ1v) is 10.0. The van der Waals surface area contributed by atoms with Crippen LogP contribution in [0.15, 0.2) is 78.9 Å². The summed E-state index contributed by atoms with van der Waals surface area (Å²) in [6.45, 7) is 0.231. The van der Waals surface area contributed by atoms with Crippen LogP contribution in [-0.4, -0.2) is 14.3 Å². The Kier molecular flexibility index (Phi) is 5.93. The monoisotopic (exact) mass is 407 g/mol. The van der Waals surface area contributed by atoms with Gasteiger partial charge in [-0.2, -0.15) is 18.8 Å². The van der Waals surface area contributed by atoms with Crippen LogP contribution >= 0.6 is 0 Å². The van der Waals surface area contributed by atoms with Gasteiger partial charge >= 0.3 is 10.3 Å². The summed E-state index contributed by atoms with van der Waals surface area (Å²) in [6.07, 6.45) is 0. The molecular weight excluding hydrogens is 390 g/mol. The molecule has 0 unspecified atom stereocenters. The number of hydrogen-bond acceptors (Lipinski definition) is 5. The second-order valence-electron chi connectivity index (χ2n) is 6.14. The maximum atomic E-state index is 13.1. The molecule has 7 nitrogen and oxygen atoms in total. The summed E-state index contributed by atoms with van der Waals surface area (Å²) in [5.74, 6) is -0.129. The van der Waals surface area contributed by atoms with Gasteiger partial charge in [0, 0.05) is 11.3 Å². The fourth-order valence-corrected chi connectivity index (χ4v) is 3.08. The topological polar surface area (TPSA) is 113 Å². The molecule has 0 radical (unpaired) electrons. The fourth-order valence-electron chi connectivity index (χ4n) is 2.70. The van der Waals surface area contributed by atoms with Crippen LogP contribution in [0.1, 0.15) is 21.5 Å². The van der Waals surface area contributed by atoms with Gasteiger partial charge in [0.2, 0.25) is 0 Å². The normalized spacial score (nSPS) is 10.8. The molecule has 3 rings (SSSR count). The summed E-state index contributed by atoms with van der Waals surface area (Å²) in [4.78, 5) is 14.7. The van der Waals surface area contributed by atoms with Gasteiger partial charge in [-0.05, 0) is 54.1 Å². The highest BCUT2D eigenvalue weighted by molar-refractivity contribution is 7.84. The lowest BCUT2D eigenvalue weighted by Crippen LogP contribution is -2.30. The third-order valence-corrected chi connectivity index (χ3v) is 4.48. The highest BCUT2D eigenvalue weighted by Gasteiger charge is 2.18. The molecule has 0 saturated heterocycles. The highest BCUT2D eigenvalue weighted by Crippen LogP contribution is 2.22. The van der Waals surface area contributed by atoms with Crippen molar-refractivity contribution in [2.24, 2.45) is 5.14 Å². The van der Waals surface area contributed by atoms with Crippen LogP contribution in [0, 0.1) is 11.3 Å². The van der Waals surface area contributed by atoms with E-state index < -0.39 is 10.3 Å². The van der Waals surface area contributed by atoms with Gasteiger partial charge in [0.1, 0.15) is 5.75 Å². The minimum absolute atomic E-state index is 0.0792. The van der Waals surface area contributed by atoms with Crippen molar-refractivity contribution < 1.29 is 17.4 Å². The van der Waals surface area contributed by atoms with Crippen molar-refractivity contribution in [2.45, 2.75) is 6.54 Å². The predicted octanol–water partition coefficient (Wildman–Crippen LogP) is 2.99. The summed E-state index contributed by atoms with van der Waals surface area (Å²) >= 11 is 0. The van der Waals surface area contributed by atoms with Gasteiger partial charge in [-0.1, -0.05) is 30.3 Å². The molecule has 0 fully saturated rings. The van der Waals surface area contributed by atoms with Crippen molar-refractivity contribution in [2.75, 3.05) is 4.90 Å². The standard InChI is InChI=1S/C21H17N3O4S/c22-14-16-6-10-19(11-7-16)24(21(25)18-4-2-1-3-5-18)15-17-8-12-20(13-9-17)28-29(23,26)27/h1-13H,15H2,(H2,23,26,27). The van der Waals surface area contributed by atoms with Crippen LogP contribution in [0.5, 0.6) is 5.75 Å².